The average molecular weight is 287 g/mol. The van der Waals surface area contributed by atoms with Crippen molar-refractivity contribution in [2.24, 2.45) is 13.0 Å². The van der Waals surface area contributed by atoms with Gasteiger partial charge in [-0.2, -0.15) is 0 Å². The lowest BCUT2D eigenvalue weighted by Gasteiger charge is -2.38. The number of aliphatic hydroxyl groups excluding tert-OH is 1. The summed E-state index contributed by atoms with van der Waals surface area (Å²) in [7, 11) is -1.95. The van der Waals surface area contributed by atoms with Gasteiger partial charge in [0.15, 0.2) is 5.03 Å². The summed E-state index contributed by atoms with van der Waals surface area (Å²) in [5, 5.41) is 9.59. The van der Waals surface area contributed by atoms with E-state index in [-0.39, 0.29) is 11.6 Å². The van der Waals surface area contributed by atoms with Gasteiger partial charge < -0.3 is 9.67 Å². The fraction of sp³-hybridized carbons (Fsp3) is 0.750. The minimum Gasteiger partial charge on any atom is -0.394 e. The third-order valence-corrected chi connectivity index (χ3v) is 5.30. The Hall–Kier alpha value is -0.920. The molecule has 0 spiro atoms. The van der Waals surface area contributed by atoms with E-state index in [1.54, 1.807) is 11.6 Å². The minimum absolute atomic E-state index is 0.00134. The van der Waals surface area contributed by atoms with Crippen LogP contribution >= 0.6 is 0 Å². The highest BCUT2D eigenvalue weighted by Gasteiger charge is 2.38. The molecule has 19 heavy (non-hydrogen) atoms. The predicted molar refractivity (Wildman–Crippen MR) is 71.0 cm³/mol. The first-order chi connectivity index (χ1) is 8.87. The molecule has 0 radical (unpaired) electrons. The molecule has 2 rings (SSSR count). The lowest BCUT2D eigenvalue weighted by molar-refractivity contribution is 0.125. The number of aliphatic hydroxyl groups is 1. The Balaban J connectivity index is 2.18. The Morgan fingerprint density at radius 1 is 1.53 bits per heavy atom. The Morgan fingerprint density at radius 2 is 2.16 bits per heavy atom. The van der Waals surface area contributed by atoms with Gasteiger partial charge in [0, 0.05) is 13.2 Å². The van der Waals surface area contributed by atoms with Crippen molar-refractivity contribution in [2.45, 2.75) is 43.2 Å². The van der Waals surface area contributed by atoms with E-state index in [0.29, 0.717) is 18.8 Å². The van der Waals surface area contributed by atoms with Crippen LogP contribution in [0.1, 0.15) is 32.6 Å². The van der Waals surface area contributed by atoms with E-state index in [0.717, 1.165) is 12.8 Å². The molecule has 6 nitrogen and oxygen atoms in total. The molecule has 0 aliphatic heterocycles. The molecule has 108 valence electrons. The van der Waals surface area contributed by atoms with Gasteiger partial charge in [0.1, 0.15) is 0 Å². The minimum atomic E-state index is -3.67. The molecule has 0 aromatic carbocycles. The maximum Gasteiger partial charge on any atom is 0.260 e. The Kier molecular flexibility index (Phi) is 3.98. The predicted octanol–water partition coefficient (Wildman–Crippen LogP) is 0.640. The molecule has 2 N–H and O–H groups in total. The van der Waals surface area contributed by atoms with Crippen LogP contribution in [0.5, 0.6) is 0 Å². The number of sulfonamides is 1. The van der Waals surface area contributed by atoms with Gasteiger partial charge in [0.05, 0.1) is 18.5 Å². The second kappa shape index (κ2) is 5.22. The highest BCUT2D eigenvalue weighted by Crippen LogP contribution is 2.32. The summed E-state index contributed by atoms with van der Waals surface area (Å²) < 4.78 is 28.8. The molecule has 7 heteroatoms. The highest BCUT2D eigenvalue weighted by atomic mass is 32.2. The number of hydrogen-bond acceptors (Lipinski definition) is 4. The maximum absolute atomic E-state index is 12.3. The van der Waals surface area contributed by atoms with Crippen LogP contribution < -0.4 is 4.72 Å². The average Bonchev–Trinajstić information content (AvgIpc) is 2.80. The molecule has 0 saturated heterocycles. The summed E-state index contributed by atoms with van der Waals surface area (Å²) in [6, 6.07) is 0. The molecule has 0 bridgehead atoms. The van der Waals surface area contributed by atoms with Crippen LogP contribution in [0.3, 0.4) is 0 Å². The number of hydrogen-bond donors (Lipinski definition) is 2. The first-order valence-corrected chi connectivity index (χ1v) is 7.98. The summed E-state index contributed by atoms with van der Waals surface area (Å²) in [6.07, 6.45) is 6.08. The van der Waals surface area contributed by atoms with Crippen molar-refractivity contribution in [3.8, 4) is 0 Å². The zero-order valence-corrected chi connectivity index (χ0v) is 12.2. The molecular formula is C12H21N3O3S. The topological polar surface area (TPSA) is 84.2 Å². The number of rotatable bonds is 4. The molecule has 1 heterocycles. The summed E-state index contributed by atoms with van der Waals surface area (Å²) in [5.74, 6) is 0.582. The van der Waals surface area contributed by atoms with Crippen molar-refractivity contribution in [3.05, 3.63) is 12.5 Å². The molecular weight excluding hydrogens is 266 g/mol. The van der Waals surface area contributed by atoms with Crippen molar-refractivity contribution < 1.29 is 13.5 Å². The summed E-state index contributed by atoms with van der Waals surface area (Å²) in [6.45, 7) is 1.97. The summed E-state index contributed by atoms with van der Waals surface area (Å²) in [4.78, 5) is 3.86. The molecule has 1 aliphatic carbocycles. The SMILES string of the molecule is CC1CCC(CO)(NS(=O)(=O)c2cn(C)cn2)CC1. The van der Waals surface area contributed by atoms with Gasteiger partial charge in [0.25, 0.3) is 10.0 Å². The standard InChI is InChI=1S/C12H21N3O3S/c1-10-3-5-12(8-16,6-4-10)14-19(17,18)11-7-15(2)9-13-11/h7,9-10,14,16H,3-6,8H2,1-2H3. The molecule has 0 unspecified atom stereocenters. The van der Waals surface area contributed by atoms with E-state index < -0.39 is 15.6 Å². The van der Waals surface area contributed by atoms with Crippen molar-refractivity contribution in [3.63, 3.8) is 0 Å². The van der Waals surface area contributed by atoms with Gasteiger partial charge >= 0.3 is 0 Å². The quantitative estimate of drug-likeness (QED) is 0.851. The third-order valence-electron chi connectivity index (χ3n) is 3.84. The first-order valence-electron chi connectivity index (χ1n) is 6.50. The third kappa shape index (κ3) is 3.16. The zero-order chi connectivity index (χ0) is 14.1. The molecule has 1 saturated carbocycles. The number of nitrogens with zero attached hydrogens (tertiary/aromatic N) is 2. The maximum atomic E-state index is 12.3. The highest BCUT2D eigenvalue weighted by molar-refractivity contribution is 7.89. The largest absolute Gasteiger partial charge is 0.394 e. The monoisotopic (exact) mass is 287 g/mol. The van der Waals surface area contributed by atoms with E-state index in [1.807, 2.05) is 0 Å². The molecule has 1 fully saturated rings. The molecule has 0 atom stereocenters. The van der Waals surface area contributed by atoms with E-state index >= 15 is 0 Å². The number of imidazole rings is 1. The van der Waals surface area contributed by atoms with Crippen LogP contribution in [-0.4, -0.2) is 35.2 Å². The van der Waals surface area contributed by atoms with Gasteiger partial charge in [-0.05, 0) is 31.6 Å². The Morgan fingerprint density at radius 3 is 2.63 bits per heavy atom. The van der Waals surface area contributed by atoms with Crippen LogP contribution in [0.2, 0.25) is 0 Å². The normalized spacial score (nSPS) is 28.5. The number of aromatic nitrogens is 2. The lowest BCUT2D eigenvalue weighted by atomic mass is 9.78. The van der Waals surface area contributed by atoms with Crippen LogP contribution in [0, 0.1) is 5.92 Å². The smallest absolute Gasteiger partial charge is 0.260 e. The Labute approximate surface area is 113 Å². The van der Waals surface area contributed by atoms with Crippen LogP contribution in [0.4, 0.5) is 0 Å². The van der Waals surface area contributed by atoms with E-state index in [2.05, 4.69) is 16.6 Å². The summed E-state index contributed by atoms with van der Waals surface area (Å²) in [5.41, 5.74) is -0.733. The Bertz CT molecular complexity index is 530. The van der Waals surface area contributed by atoms with Crippen molar-refractivity contribution in [1.82, 2.24) is 14.3 Å². The van der Waals surface area contributed by atoms with Crippen molar-refractivity contribution in [2.75, 3.05) is 6.61 Å². The van der Waals surface area contributed by atoms with Gasteiger partial charge in [-0.15, -0.1) is 0 Å². The van der Waals surface area contributed by atoms with Gasteiger partial charge in [-0.1, -0.05) is 6.92 Å². The zero-order valence-electron chi connectivity index (χ0n) is 11.3. The van der Waals surface area contributed by atoms with Gasteiger partial charge in [-0.3, -0.25) is 0 Å². The molecule has 1 aromatic heterocycles. The second-order valence-corrected chi connectivity index (χ2v) is 7.23. The molecule has 0 amide bonds. The van der Waals surface area contributed by atoms with Gasteiger partial charge in [0.2, 0.25) is 0 Å². The second-order valence-electron chi connectivity index (χ2n) is 5.60. The molecule has 1 aliphatic rings. The van der Waals surface area contributed by atoms with E-state index in [9.17, 15) is 13.5 Å². The van der Waals surface area contributed by atoms with Crippen molar-refractivity contribution in [1.29, 1.82) is 0 Å². The number of aryl methyl sites for hydroxylation is 1. The van der Waals surface area contributed by atoms with Gasteiger partial charge in [-0.25, -0.2) is 18.1 Å². The van der Waals surface area contributed by atoms with Crippen molar-refractivity contribution >= 4 is 10.0 Å². The van der Waals surface area contributed by atoms with E-state index in [1.165, 1.54) is 12.5 Å². The van der Waals surface area contributed by atoms with E-state index in [4.69, 9.17) is 0 Å². The first kappa shape index (κ1) is 14.5. The van der Waals surface area contributed by atoms with Crippen LogP contribution in [0.15, 0.2) is 17.6 Å². The van der Waals surface area contributed by atoms with Crippen LogP contribution in [-0.2, 0) is 17.1 Å². The lowest BCUT2D eigenvalue weighted by Crippen LogP contribution is -2.53. The van der Waals surface area contributed by atoms with Crippen LogP contribution in [0.25, 0.3) is 0 Å². The summed E-state index contributed by atoms with van der Waals surface area (Å²) >= 11 is 0. The number of nitrogens with one attached hydrogen (secondary N) is 1. The molecule has 1 aromatic rings. The fourth-order valence-electron chi connectivity index (χ4n) is 2.47. The fourth-order valence-corrected chi connectivity index (χ4v) is 3.91.